The van der Waals surface area contributed by atoms with Crippen molar-refractivity contribution in [1.29, 1.82) is 0 Å². The molecule has 0 aliphatic rings. The lowest BCUT2D eigenvalue weighted by Gasteiger charge is -2.15. The molecular weight excluding hydrogens is 260 g/mol. The summed E-state index contributed by atoms with van der Waals surface area (Å²) in [6.07, 6.45) is 5.30. The number of nitrogen functional groups attached to an aromatic ring is 1. The Hall–Kier alpha value is -2.54. The summed E-state index contributed by atoms with van der Waals surface area (Å²) in [7, 11) is 3.32. The molecule has 2 rings (SSSR count). The Morgan fingerprint density at radius 3 is 2.90 bits per heavy atom. The van der Waals surface area contributed by atoms with Gasteiger partial charge in [0.1, 0.15) is 18.1 Å². The largest absolute Gasteiger partial charge is 0.495 e. The molecule has 0 radical (unpaired) electrons. The number of methoxy groups -OCH3 is 1. The quantitative estimate of drug-likeness (QED) is 0.365. The molecule has 20 heavy (non-hydrogen) atoms. The minimum atomic E-state index is -0.465. The molecule has 0 spiro atoms. The van der Waals surface area contributed by atoms with Crippen LogP contribution >= 0.6 is 0 Å². The molecule has 7 heteroatoms. The lowest BCUT2D eigenvalue weighted by atomic mass is 10.2. The Morgan fingerprint density at radius 2 is 2.30 bits per heavy atom. The first-order valence-electron chi connectivity index (χ1n) is 5.97. The molecule has 0 atom stereocenters. The molecule has 1 amide bonds. The van der Waals surface area contributed by atoms with Crippen molar-refractivity contribution in [3.05, 3.63) is 36.9 Å². The first kappa shape index (κ1) is 13.9. The normalized spacial score (nSPS) is 10.3. The van der Waals surface area contributed by atoms with E-state index in [0.717, 1.165) is 0 Å². The van der Waals surface area contributed by atoms with Gasteiger partial charge in [-0.3, -0.25) is 10.0 Å². The third-order valence-electron chi connectivity index (χ3n) is 2.84. The van der Waals surface area contributed by atoms with E-state index in [-0.39, 0.29) is 6.54 Å². The summed E-state index contributed by atoms with van der Waals surface area (Å²) in [6, 6.07) is 4.62. The maximum Gasteiger partial charge on any atom is 0.292 e. The molecule has 0 saturated carbocycles. The van der Waals surface area contributed by atoms with E-state index in [1.54, 1.807) is 40.0 Å². The topological polar surface area (TPSA) is 84.6 Å². The molecule has 0 aliphatic carbocycles. The van der Waals surface area contributed by atoms with Gasteiger partial charge in [-0.05, 0) is 12.1 Å². The number of rotatable bonds is 4. The number of amides is 1. The minimum absolute atomic E-state index is 0.0318. The number of nitrogens with zero attached hydrogens (tertiary/aromatic N) is 3. The molecule has 2 aromatic rings. The second-order valence-electron chi connectivity index (χ2n) is 4.38. The highest BCUT2D eigenvalue weighted by molar-refractivity contribution is 5.91. The van der Waals surface area contributed by atoms with E-state index in [4.69, 9.17) is 10.5 Å². The number of nitrogens with two attached hydrogens (primary N) is 1. The Labute approximate surface area is 116 Å². The molecule has 106 valence electrons. The number of hydrogen-bond donors (Lipinski definition) is 2. The first-order chi connectivity index (χ1) is 9.51. The predicted octanol–water partition coefficient (Wildman–Crippen LogP) is 0.326. The fourth-order valence-electron chi connectivity index (χ4n) is 1.79. The third kappa shape index (κ3) is 2.89. The number of hydroxylamine groups is 1. The van der Waals surface area contributed by atoms with Crippen LogP contribution in [0, 0.1) is 0 Å². The van der Waals surface area contributed by atoms with E-state index in [2.05, 4.69) is 0 Å². The average molecular weight is 277 g/mol. The van der Waals surface area contributed by atoms with Gasteiger partial charge in [0.25, 0.3) is 5.91 Å². The molecule has 0 saturated heterocycles. The molecule has 1 aromatic carbocycles. The highest BCUT2D eigenvalue weighted by Gasteiger charge is 2.17. The van der Waals surface area contributed by atoms with E-state index < -0.39 is 5.91 Å². The van der Waals surface area contributed by atoms with E-state index in [0.29, 0.717) is 22.2 Å². The van der Waals surface area contributed by atoms with Gasteiger partial charge in [0.2, 0.25) is 6.33 Å². The van der Waals surface area contributed by atoms with Gasteiger partial charge in [-0.1, -0.05) is 0 Å². The van der Waals surface area contributed by atoms with Gasteiger partial charge < -0.3 is 10.5 Å². The van der Waals surface area contributed by atoms with Crippen molar-refractivity contribution < 1.29 is 19.3 Å². The zero-order valence-electron chi connectivity index (χ0n) is 11.4. The second kappa shape index (κ2) is 5.62. The van der Waals surface area contributed by atoms with Crippen LogP contribution in [0.1, 0.15) is 0 Å². The fraction of sp³-hybridized carbons (Fsp3) is 0.231. The molecule has 7 nitrogen and oxygen atoms in total. The van der Waals surface area contributed by atoms with Crippen LogP contribution in [0.5, 0.6) is 5.75 Å². The van der Waals surface area contributed by atoms with Crippen molar-refractivity contribution in [1.82, 2.24) is 4.57 Å². The number of anilines is 2. The monoisotopic (exact) mass is 277 g/mol. The Morgan fingerprint density at radius 1 is 1.55 bits per heavy atom. The summed E-state index contributed by atoms with van der Waals surface area (Å²) in [5, 5.41) is 10.5. The molecule has 0 bridgehead atoms. The third-order valence-corrected chi connectivity index (χ3v) is 2.84. The Kier molecular flexibility index (Phi) is 3.90. The Balaban J connectivity index is 2.14. The van der Waals surface area contributed by atoms with Crippen LogP contribution < -0.4 is 20.1 Å². The van der Waals surface area contributed by atoms with Crippen molar-refractivity contribution in [2.45, 2.75) is 6.54 Å². The number of carbonyl (C=O) groups excluding carboxylic acids is 1. The van der Waals surface area contributed by atoms with Crippen molar-refractivity contribution in [2.24, 2.45) is 7.05 Å². The molecule has 0 unspecified atom stereocenters. The van der Waals surface area contributed by atoms with Crippen LogP contribution in [0.2, 0.25) is 0 Å². The average Bonchev–Trinajstić information content (AvgIpc) is 2.83. The van der Waals surface area contributed by atoms with Crippen LogP contribution in [-0.4, -0.2) is 22.8 Å². The fourth-order valence-corrected chi connectivity index (χ4v) is 1.79. The van der Waals surface area contributed by atoms with Crippen LogP contribution in [0.4, 0.5) is 11.4 Å². The van der Waals surface area contributed by atoms with Crippen molar-refractivity contribution in [2.75, 3.05) is 17.9 Å². The number of ether oxygens (including phenoxy) is 1. The van der Waals surface area contributed by atoms with E-state index in [1.165, 1.54) is 13.2 Å². The van der Waals surface area contributed by atoms with Gasteiger partial charge in [-0.2, -0.15) is 5.06 Å². The van der Waals surface area contributed by atoms with Crippen LogP contribution in [0.25, 0.3) is 0 Å². The molecule has 1 aromatic heterocycles. The summed E-state index contributed by atoms with van der Waals surface area (Å²) in [5.74, 6) is -0.0604. The summed E-state index contributed by atoms with van der Waals surface area (Å²) in [5.41, 5.74) is 6.43. The molecule has 1 heterocycles. The lowest BCUT2D eigenvalue weighted by Crippen LogP contribution is -2.31. The van der Waals surface area contributed by atoms with Gasteiger partial charge in [-0.15, -0.1) is 0 Å². The minimum Gasteiger partial charge on any atom is -0.495 e. The van der Waals surface area contributed by atoms with Crippen molar-refractivity contribution in [3.8, 4) is 5.75 Å². The van der Waals surface area contributed by atoms with Gasteiger partial charge in [-0.25, -0.2) is 9.13 Å². The summed E-state index contributed by atoms with van der Waals surface area (Å²) in [4.78, 5) is 12.0. The number of benzene rings is 1. The Bertz CT molecular complexity index is 624. The highest BCUT2D eigenvalue weighted by atomic mass is 16.5. The number of hydrogen-bond acceptors (Lipinski definition) is 4. The SMILES string of the molecule is COc1cc(N(O)C(=O)Cn2cc[n+](C)c2)ccc1N. The first-order valence-corrected chi connectivity index (χ1v) is 5.97. The second-order valence-corrected chi connectivity index (χ2v) is 4.38. The molecule has 0 fully saturated rings. The van der Waals surface area contributed by atoms with Gasteiger partial charge >= 0.3 is 0 Å². The summed E-state index contributed by atoms with van der Waals surface area (Å²) in [6.45, 7) is 0.0318. The standard InChI is InChI=1S/C13H17N4O3/c1-15-5-6-16(9-15)8-13(18)17(19)10-3-4-11(14)12(7-10)20-2/h3-7,9,19H,8,14H2,1-2H3/q+1. The van der Waals surface area contributed by atoms with Gasteiger partial charge in [0, 0.05) is 6.07 Å². The highest BCUT2D eigenvalue weighted by Crippen LogP contribution is 2.26. The van der Waals surface area contributed by atoms with Gasteiger partial charge in [0.05, 0.1) is 25.5 Å². The van der Waals surface area contributed by atoms with Crippen LogP contribution in [-0.2, 0) is 18.4 Å². The van der Waals surface area contributed by atoms with Crippen LogP contribution in [0.15, 0.2) is 36.9 Å². The molecule has 3 N–H and O–H groups in total. The number of imidazole rings is 1. The van der Waals surface area contributed by atoms with Crippen molar-refractivity contribution in [3.63, 3.8) is 0 Å². The summed E-state index contributed by atoms with van der Waals surface area (Å²) < 4.78 is 8.53. The molecule has 0 aliphatic heterocycles. The number of carbonyl (C=O) groups is 1. The predicted molar refractivity (Wildman–Crippen MR) is 72.3 cm³/mol. The van der Waals surface area contributed by atoms with E-state index in [1.807, 2.05) is 7.05 Å². The number of aromatic nitrogens is 2. The maximum atomic E-state index is 12.0. The van der Waals surface area contributed by atoms with Crippen molar-refractivity contribution >= 4 is 17.3 Å². The van der Waals surface area contributed by atoms with E-state index >= 15 is 0 Å². The number of aryl methyl sites for hydroxylation is 1. The van der Waals surface area contributed by atoms with Gasteiger partial charge in [0.15, 0.2) is 6.54 Å². The molecular formula is C13H17N4O3+. The smallest absolute Gasteiger partial charge is 0.292 e. The van der Waals surface area contributed by atoms with Crippen LogP contribution in [0.3, 0.4) is 0 Å². The zero-order chi connectivity index (χ0) is 14.7. The van der Waals surface area contributed by atoms with E-state index in [9.17, 15) is 10.0 Å². The summed E-state index contributed by atoms with van der Waals surface area (Å²) >= 11 is 0. The lowest BCUT2D eigenvalue weighted by molar-refractivity contribution is -0.671. The zero-order valence-corrected chi connectivity index (χ0v) is 11.4. The maximum absolute atomic E-state index is 12.0.